The van der Waals surface area contributed by atoms with E-state index >= 15 is 0 Å². The number of hydrogen-bond donors (Lipinski definition) is 0. The number of benzene rings is 1. The summed E-state index contributed by atoms with van der Waals surface area (Å²) in [7, 11) is 0. The summed E-state index contributed by atoms with van der Waals surface area (Å²) < 4.78 is 15.1. The fraction of sp³-hybridized carbons (Fsp3) is 0.286. The van der Waals surface area contributed by atoms with Gasteiger partial charge in [0.1, 0.15) is 12.1 Å². The van der Waals surface area contributed by atoms with Crippen LogP contribution in [-0.4, -0.2) is 38.4 Å². The van der Waals surface area contributed by atoms with Gasteiger partial charge in [-0.2, -0.15) is 0 Å². The van der Waals surface area contributed by atoms with Crippen molar-refractivity contribution in [3.8, 4) is 11.4 Å². The van der Waals surface area contributed by atoms with Crippen LogP contribution in [0.1, 0.15) is 24.2 Å². The number of nitrogens with zero attached hydrogens (tertiary/aromatic N) is 5. The van der Waals surface area contributed by atoms with Gasteiger partial charge in [0.05, 0.1) is 17.9 Å². The van der Waals surface area contributed by atoms with E-state index < -0.39 is 5.82 Å². The summed E-state index contributed by atoms with van der Waals surface area (Å²) >= 11 is 0. The standard InChI is InChI=1S/C21H20FN5O2/c1-21(2)11-26(10-18(28)14-4-3-5-15(22)8-14)20-25-17(9-19(29)27(20)12-21)16-6-7-23-13-24-16/h3-9,13H,10-12H2,1-2H3. The highest BCUT2D eigenvalue weighted by molar-refractivity contribution is 5.99. The third-order valence-electron chi connectivity index (χ3n) is 4.80. The number of carbonyl (C=O) groups is 1. The van der Waals surface area contributed by atoms with E-state index in [1.165, 1.54) is 30.6 Å². The normalized spacial score (nSPS) is 15.1. The maximum Gasteiger partial charge on any atom is 0.255 e. The van der Waals surface area contributed by atoms with Crippen molar-refractivity contribution in [2.75, 3.05) is 18.0 Å². The lowest BCUT2D eigenvalue weighted by molar-refractivity contribution is 0.0993. The number of anilines is 1. The fourth-order valence-corrected chi connectivity index (χ4v) is 3.58. The van der Waals surface area contributed by atoms with Gasteiger partial charge in [-0.3, -0.25) is 14.2 Å². The summed E-state index contributed by atoms with van der Waals surface area (Å²) in [5.41, 5.74) is 0.791. The largest absolute Gasteiger partial charge is 0.334 e. The molecular weight excluding hydrogens is 373 g/mol. The van der Waals surface area contributed by atoms with Gasteiger partial charge in [-0.05, 0) is 18.2 Å². The molecule has 8 heteroatoms. The van der Waals surface area contributed by atoms with Crippen LogP contribution in [0.3, 0.4) is 0 Å². The predicted octanol–water partition coefficient (Wildman–Crippen LogP) is 2.57. The third kappa shape index (κ3) is 3.91. The van der Waals surface area contributed by atoms with Crippen LogP contribution in [0, 0.1) is 11.2 Å². The van der Waals surface area contributed by atoms with Crippen molar-refractivity contribution in [1.29, 1.82) is 0 Å². The lowest BCUT2D eigenvalue weighted by atomic mass is 9.90. The lowest BCUT2D eigenvalue weighted by Gasteiger charge is -2.40. The average molecular weight is 393 g/mol. The van der Waals surface area contributed by atoms with Gasteiger partial charge in [-0.25, -0.2) is 19.3 Å². The van der Waals surface area contributed by atoms with Gasteiger partial charge >= 0.3 is 0 Å². The van der Waals surface area contributed by atoms with E-state index in [1.54, 1.807) is 27.8 Å². The van der Waals surface area contributed by atoms with Gasteiger partial charge < -0.3 is 4.90 Å². The van der Waals surface area contributed by atoms with Crippen molar-refractivity contribution < 1.29 is 9.18 Å². The Balaban J connectivity index is 1.75. The van der Waals surface area contributed by atoms with E-state index in [1.807, 2.05) is 13.8 Å². The van der Waals surface area contributed by atoms with Crippen molar-refractivity contribution in [3.63, 3.8) is 0 Å². The van der Waals surface area contributed by atoms with E-state index in [4.69, 9.17) is 0 Å². The quantitative estimate of drug-likeness (QED) is 0.634. The molecule has 3 aromatic rings. The predicted molar refractivity (Wildman–Crippen MR) is 106 cm³/mol. The molecule has 4 rings (SSSR count). The average Bonchev–Trinajstić information content (AvgIpc) is 2.68. The number of rotatable bonds is 4. The Labute approximate surface area is 166 Å². The molecule has 0 atom stereocenters. The maximum atomic E-state index is 13.5. The van der Waals surface area contributed by atoms with Crippen LogP contribution in [0.25, 0.3) is 11.4 Å². The molecule has 0 saturated heterocycles. The van der Waals surface area contributed by atoms with Gasteiger partial charge in [0.25, 0.3) is 5.56 Å². The van der Waals surface area contributed by atoms with Crippen molar-refractivity contribution in [1.82, 2.24) is 19.5 Å². The Bertz CT molecular complexity index is 1130. The number of ketones is 1. The van der Waals surface area contributed by atoms with E-state index in [9.17, 15) is 14.0 Å². The van der Waals surface area contributed by atoms with E-state index in [0.717, 1.165) is 0 Å². The summed E-state index contributed by atoms with van der Waals surface area (Å²) in [6.07, 6.45) is 2.97. The second-order valence-electron chi connectivity index (χ2n) is 7.91. The number of aromatic nitrogens is 4. The van der Waals surface area contributed by atoms with Crippen LogP contribution in [0.4, 0.5) is 10.3 Å². The summed E-state index contributed by atoms with van der Waals surface area (Å²) in [6.45, 7) is 5.07. The molecule has 148 valence electrons. The number of halogens is 1. The van der Waals surface area contributed by atoms with Crippen molar-refractivity contribution in [3.05, 3.63) is 70.7 Å². The molecule has 3 heterocycles. The van der Waals surface area contributed by atoms with E-state index in [2.05, 4.69) is 15.0 Å². The first-order valence-corrected chi connectivity index (χ1v) is 9.24. The summed E-state index contributed by atoms with van der Waals surface area (Å²) in [4.78, 5) is 40.0. The van der Waals surface area contributed by atoms with Gasteiger partial charge in [0.15, 0.2) is 5.78 Å². The van der Waals surface area contributed by atoms with Gasteiger partial charge in [-0.1, -0.05) is 26.0 Å². The van der Waals surface area contributed by atoms with E-state index in [-0.39, 0.29) is 28.9 Å². The van der Waals surface area contributed by atoms with Crippen LogP contribution in [0.2, 0.25) is 0 Å². The molecule has 7 nitrogen and oxygen atoms in total. The van der Waals surface area contributed by atoms with Crippen molar-refractivity contribution in [2.24, 2.45) is 5.41 Å². The molecular formula is C21H20FN5O2. The topological polar surface area (TPSA) is 81.0 Å². The number of Topliss-reactive ketones (excluding diaryl/α,β-unsaturated/α-hetero) is 1. The van der Waals surface area contributed by atoms with Gasteiger partial charge in [-0.15, -0.1) is 0 Å². The minimum absolute atomic E-state index is 0.00739. The van der Waals surface area contributed by atoms with Crippen LogP contribution < -0.4 is 10.5 Å². The SMILES string of the molecule is CC1(C)CN(CC(=O)c2cccc(F)c2)c2nc(-c3ccncn3)cc(=O)n2C1. The highest BCUT2D eigenvalue weighted by atomic mass is 19.1. The molecule has 0 spiro atoms. The Morgan fingerprint density at radius 1 is 1.17 bits per heavy atom. The van der Waals surface area contributed by atoms with Gasteiger partial charge in [0, 0.05) is 36.3 Å². The highest BCUT2D eigenvalue weighted by Gasteiger charge is 2.33. The molecule has 1 aliphatic heterocycles. The van der Waals surface area contributed by atoms with Crippen LogP contribution in [0.15, 0.2) is 53.7 Å². The summed E-state index contributed by atoms with van der Waals surface area (Å²) in [6, 6.07) is 8.72. The molecule has 0 aliphatic carbocycles. The second kappa shape index (κ2) is 7.20. The Kier molecular flexibility index (Phi) is 4.70. The van der Waals surface area contributed by atoms with Crippen LogP contribution in [-0.2, 0) is 6.54 Å². The first-order chi connectivity index (χ1) is 13.8. The van der Waals surface area contributed by atoms with Gasteiger partial charge in [0.2, 0.25) is 5.95 Å². The molecule has 1 aliphatic rings. The Morgan fingerprint density at radius 3 is 2.72 bits per heavy atom. The molecule has 0 bridgehead atoms. The minimum Gasteiger partial charge on any atom is -0.334 e. The van der Waals surface area contributed by atoms with E-state index in [0.29, 0.717) is 30.4 Å². The molecule has 1 aromatic carbocycles. The molecule has 0 radical (unpaired) electrons. The second-order valence-corrected chi connectivity index (χ2v) is 7.91. The molecule has 2 aromatic heterocycles. The minimum atomic E-state index is -0.462. The molecule has 0 unspecified atom stereocenters. The number of fused-ring (bicyclic) bond motifs is 1. The molecule has 0 saturated carbocycles. The molecule has 0 amide bonds. The zero-order chi connectivity index (χ0) is 20.6. The first kappa shape index (κ1) is 18.9. The Hall–Kier alpha value is -3.42. The maximum absolute atomic E-state index is 13.5. The lowest BCUT2D eigenvalue weighted by Crippen LogP contribution is -2.49. The summed E-state index contributed by atoms with van der Waals surface area (Å²) in [5.74, 6) is -0.291. The molecule has 29 heavy (non-hydrogen) atoms. The number of carbonyl (C=O) groups excluding carboxylic acids is 1. The van der Waals surface area contributed by atoms with Crippen LogP contribution in [0.5, 0.6) is 0 Å². The zero-order valence-electron chi connectivity index (χ0n) is 16.2. The monoisotopic (exact) mass is 393 g/mol. The highest BCUT2D eigenvalue weighted by Crippen LogP contribution is 2.30. The number of hydrogen-bond acceptors (Lipinski definition) is 6. The molecule has 0 fully saturated rings. The third-order valence-corrected chi connectivity index (χ3v) is 4.80. The summed E-state index contributed by atoms with van der Waals surface area (Å²) in [5, 5.41) is 0. The first-order valence-electron chi connectivity index (χ1n) is 9.24. The van der Waals surface area contributed by atoms with Crippen LogP contribution >= 0.6 is 0 Å². The smallest absolute Gasteiger partial charge is 0.255 e. The zero-order valence-corrected chi connectivity index (χ0v) is 16.2. The molecule has 0 N–H and O–H groups in total. The Morgan fingerprint density at radius 2 is 2.00 bits per heavy atom. The van der Waals surface area contributed by atoms with Crippen molar-refractivity contribution in [2.45, 2.75) is 20.4 Å². The van der Waals surface area contributed by atoms with Crippen molar-refractivity contribution >= 4 is 11.7 Å². The fourth-order valence-electron chi connectivity index (χ4n) is 3.58.